The molecule has 0 radical (unpaired) electrons. The molecule has 4 heterocycles. The summed E-state index contributed by atoms with van der Waals surface area (Å²) in [5.74, 6) is 0.556. The van der Waals surface area contributed by atoms with Crippen molar-refractivity contribution in [1.29, 1.82) is 0 Å². The molecule has 0 aliphatic carbocycles. The molecule has 0 unspecified atom stereocenters. The first-order chi connectivity index (χ1) is 16.0. The van der Waals surface area contributed by atoms with E-state index in [-0.39, 0.29) is 5.91 Å². The predicted molar refractivity (Wildman–Crippen MR) is 133 cm³/mol. The van der Waals surface area contributed by atoms with Crippen LogP contribution in [0.25, 0.3) is 9.88 Å². The third-order valence-corrected chi connectivity index (χ3v) is 7.35. The molecule has 1 amide bonds. The minimum Gasteiger partial charge on any atom is -0.343 e. The zero-order valence-electron chi connectivity index (χ0n) is 18.4. The highest BCUT2D eigenvalue weighted by Crippen LogP contribution is 2.32. The number of benzene rings is 1. The van der Waals surface area contributed by atoms with Gasteiger partial charge in [0.2, 0.25) is 11.1 Å². The van der Waals surface area contributed by atoms with Gasteiger partial charge in [-0.25, -0.2) is 9.97 Å². The van der Waals surface area contributed by atoms with Crippen molar-refractivity contribution in [2.45, 2.75) is 13.8 Å². The molecule has 1 saturated heterocycles. The predicted octanol–water partition coefficient (Wildman–Crippen LogP) is 4.38. The number of aryl methyl sites for hydroxylation is 2. The van der Waals surface area contributed by atoms with Gasteiger partial charge in [-0.1, -0.05) is 23.5 Å². The number of aromatic nitrogens is 4. The van der Waals surface area contributed by atoms with Gasteiger partial charge in [0.1, 0.15) is 0 Å². The number of rotatable bonds is 5. The van der Waals surface area contributed by atoms with Crippen LogP contribution in [0.1, 0.15) is 21.7 Å². The highest BCUT2D eigenvalue weighted by molar-refractivity contribution is 7.22. The molecular formula is C23H23N7OS2. The minimum atomic E-state index is 0.0242. The maximum Gasteiger partial charge on any atom is 0.254 e. The SMILES string of the molecule is Cc1cc(C)nc(Nc2cccc(C(=O)N3CCN(c4nnc(-c5cccs5)s4)CC3)c2)n1. The van der Waals surface area contributed by atoms with E-state index in [1.165, 1.54) is 0 Å². The summed E-state index contributed by atoms with van der Waals surface area (Å²) in [5, 5.41) is 15.8. The lowest BCUT2D eigenvalue weighted by Crippen LogP contribution is -2.48. The molecule has 33 heavy (non-hydrogen) atoms. The van der Waals surface area contributed by atoms with Gasteiger partial charge in [0.25, 0.3) is 5.91 Å². The lowest BCUT2D eigenvalue weighted by molar-refractivity contribution is 0.0747. The molecule has 10 heteroatoms. The minimum absolute atomic E-state index is 0.0242. The van der Waals surface area contributed by atoms with E-state index in [9.17, 15) is 4.79 Å². The molecule has 0 atom stereocenters. The van der Waals surface area contributed by atoms with Crippen LogP contribution in [0.15, 0.2) is 47.8 Å². The summed E-state index contributed by atoms with van der Waals surface area (Å²) in [7, 11) is 0. The Bertz CT molecular complexity index is 1240. The molecule has 1 aromatic carbocycles. The fourth-order valence-electron chi connectivity index (χ4n) is 3.77. The van der Waals surface area contributed by atoms with E-state index in [4.69, 9.17) is 0 Å². The summed E-state index contributed by atoms with van der Waals surface area (Å²) in [6.45, 7) is 6.63. The molecule has 0 spiro atoms. The van der Waals surface area contributed by atoms with Gasteiger partial charge in [-0.05, 0) is 49.6 Å². The topological polar surface area (TPSA) is 87.1 Å². The van der Waals surface area contributed by atoms with Gasteiger partial charge in [0.05, 0.1) is 4.88 Å². The Morgan fingerprint density at radius 2 is 1.76 bits per heavy atom. The molecule has 1 aliphatic rings. The van der Waals surface area contributed by atoms with Gasteiger partial charge in [0, 0.05) is 48.8 Å². The number of carbonyl (C=O) groups is 1. The van der Waals surface area contributed by atoms with Crippen molar-refractivity contribution in [2.75, 3.05) is 36.4 Å². The Morgan fingerprint density at radius 1 is 0.970 bits per heavy atom. The summed E-state index contributed by atoms with van der Waals surface area (Å²) in [4.78, 5) is 27.2. The van der Waals surface area contributed by atoms with Crippen molar-refractivity contribution in [3.63, 3.8) is 0 Å². The third-order valence-electron chi connectivity index (χ3n) is 5.33. The maximum atomic E-state index is 13.1. The van der Waals surface area contributed by atoms with Crippen molar-refractivity contribution in [1.82, 2.24) is 25.1 Å². The Morgan fingerprint density at radius 3 is 2.48 bits per heavy atom. The van der Waals surface area contributed by atoms with E-state index in [0.29, 0.717) is 24.6 Å². The van der Waals surface area contributed by atoms with Crippen LogP contribution in [0.5, 0.6) is 0 Å². The quantitative estimate of drug-likeness (QED) is 0.456. The summed E-state index contributed by atoms with van der Waals surface area (Å²) in [5.41, 5.74) is 3.23. The number of hydrogen-bond acceptors (Lipinski definition) is 9. The van der Waals surface area contributed by atoms with Crippen LogP contribution in [-0.4, -0.2) is 57.2 Å². The summed E-state index contributed by atoms with van der Waals surface area (Å²) in [6, 6.07) is 13.5. The number of amides is 1. The van der Waals surface area contributed by atoms with Gasteiger partial charge < -0.3 is 15.1 Å². The van der Waals surface area contributed by atoms with Crippen LogP contribution in [0.4, 0.5) is 16.8 Å². The van der Waals surface area contributed by atoms with Crippen LogP contribution < -0.4 is 10.2 Å². The van der Waals surface area contributed by atoms with E-state index in [2.05, 4.69) is 36.4 Å². The van der Waals surface area contributed by atoms with E-state index >= 15 is 0 Å². The molecule has 168 valence electrons. The first-order valence-electron chi connectivity index (χ1n) is 10.7. The van der Waals surface area contributed by atoms with Gasteiger partial charge >= 0.3 is 0 Å². The molecule has 3 aromatic heterocycles. The summed E-state index contributed by atoms with van der Waals surface area (Å²) >= 11 is 3.26. The number of nitrogens with one attached hydrogen (secondary N) is 1. The third kappa shape index (κ3) is 4.86. The van der Waals surface area contributed by atoms with Crippen molar-refractivity contribution in [3.8, 4) is 9.88 Å². The van der Waals surface area contributed by atoms with Crippen LogP contribution in [-0.2, 0) is 0 Å². The normalized spacial score (nSPS) is 13.9. The summed E-state index contributed by atoms with van der Waals surface area (Å²) < 4.78 is 0. The number of piperazine rings is 1. The van der Waals surface area contributed by atoms with Crippen molar-refractivity contribution >= 4 is 45.3 Å². The number of nitrogens with zero attached hydrogens (tertiary/aromatic N) is 6. The lowest BCUT2D eigenvalue weighted by Gasteiger charge is -2.34. The average Bonchev–Trinajstić information content (AvgIpc) is 3.50. The summed E-state index contributed by atoms with van der Waals surface area (Å²) in [6.07, 6.45) is 0. The first kappa shape index (κ1) is 21.5. The maximum absolute atomic E-state index is 13.1. The molecule has 1 N–H and O–H groups in total. The molecule has 8 nitrogen and oxygen atoms in total. The molecule has 0 bridgehead atoms. The Labute approximate surface area is 200 Å². The first-order valence-corrected chi connectivity index (χ1v) is 12.4. The number of anilines is 3. The second-order valence-corrected chi connectivity index (χ2v) is 9.73. The second kappa shape index (κ2) is 9.24. The van der Waals surface area contributed by atoms with Gasteiger partial charge in [-0.15, -0.1) is 21.5 Å². The molecule has 4 aromatic rings. The van der Waals surface area contributed by atoms with E-state index in [1.54, 1.807) is 22.7 Å². The van der Waals surface area contributed by atoms with Crippen molar-refractivity contribution < 1.29 is 4.79 Å². The molecule has 1 aliphatic heterocycles. The smallest absolute Gasteiger partial charge is 0.254 e. The highest BCUT2D eigenvalue weighted by atomic mass is 32.1. The average molecular weight is 478 g/mol. The Kier molecular flexibility index (Phi) is 6.01. The van der Waals surface area contributed by atoms with Crippen LogP contribution >= 0.6 is 22.7 Å². The zero-order valence-corrected chi connectivity index (χ0v) is 20.0. The number of carbonyl (C=O) groups excluding carboxylic acids is 1. The van der Waals surface area contributed by atoms with E-state index < -0.39 is 0 Å². The zero-order chi connectivity index (χ0) is 22.8. The van der Waals surface area contributed by atoms with Crippen molar-refractivity contribution in [3.05, 3.63) is 64.8 Å². The van der Waals surface area contributed by atoms with Crippen LogP contribution in [0.3, 0.4) is 0 Å². The monoisotopic (exact) mass is 477 g/mol. The Balaban J connectivity index is 1.22. The van der Waals surface area contributed by atoms with Crippen LogP contribution in [0, 0.1) is 13.8 Å². The number of hydrogen-bond donors (Lipinski definition) is 1. The second-order valence-electron chi connectivity index (χ2n) is 7.83. The molecule has 0 saturated carbocycles. The molecule has 5 rings (SSSR count). The van der Waals surface area contributed by atoms with Crippen molar-refractivity contribution in [2.24, 2.45) is 0 Å². The van der Waals surface area contributed by atoms with Gasteiger partial charge in [-0.3, -0.25) is 4.79 Å². The van der Waals surface area contributed by atoms with E-state index in [1.807, 2.05) is 60.5 Å². The fourth-order valence-corrected chi connectivity index (χ4v) is 5.46. The largest absolute Gasteiger partial charge is 0.343 e. The standard InChI is InChI=1S/C23H23N7OS2/c1-15-13-16(2)25-22(24-15)26-18-6-3-5-17(14-18)21(31)29-8-10-30(11-9-29)23-28-27-20(33-23)19-7-4-12-32-19/h3-7,12-14H,8-11H2,1-2H3,(H,24,25,26). The van der Waals surface area contributed by atoms with Crippen LogP contribution in [0.2, 0.25) is 0 Å². The number of thiophene rings is 1. The fraction of sp³-hybridized carbons (Fsp3) is 0.261. The van der Waals surface area contributed by atoms with Gasteiger partial charge in [0.15, 0.2) is 5.01 Å². The van der Waals surface area contributed by atoms with Gasteiger partial charge in [-0.2, -0.15) is 0 Å². The lowest BCUT2D eigenvalue weighted by atomic mass is 10.1. The van der Waals surface area contributed by atoms with E-state index in [0.717, 1.165) is 45.2 Å². The molecule has 1 fully saturated rings. The molecular weight excluding hydrogens is 454 g/mol. The highest BCUT2D eigenvalue weighted by Gasteiger charge is 2.24. The Hall–Kier alpha value is -3.37.